The molecule has 0 bridgehead atoms. The lowest BCUT2D eigenvalue weighted by atomic mass is 9.74. The predicted octanol–water partition coefficient (Wildman–Crippen LogP) is 1.98. The van der Waals surface area contributed by atoms with Crippen LogP contribution in [0.3, 0.4) is 0 Å². The summed E-state index contributed by atoms with van der Waals surface area (Å²) in [7, 11) is 0. The Bertz CT molecular complexity index is 215. The van der Waals surface area contributed by atoms with Gasteiger partial charge >= 0.3 is 5.97 Å². The van der Waals surface area contributed by atoms with E-state index in [0.29, 0.717) is 18.4 Å². The zero-order valence-corrected chi connectivity index (χ0v) is 9.90. The molecule has 1 saturated carbocycles. The van der Waals surface area contributed by atoms with Crippen LogP contribution < -0.4 is 0 Å². The highest BCUT2D eigenvalue weighted by molar-refractivity contribution is 5.74. The van der Waals surface area contributed by atoms with Crippen molar-refractivity contribution in [3.8, 4) is 0 Å². The van der Waals surface area contributed by atoms with Crippen LogP contribution in [-0.2, 0) is 9.53 Å². The van der Waals surface area contributed by atoms with E-state index in [2.05, 4.69) is 13.8 Å². The molecule has 0 amide bonds. The highest BCUT2D eigenvalue weighted by Crippen LogP contribution is 2.35. The molecule has 3 heteroatoms. The summed E-state index contributed by atoms with van der Waals surface area (Å²) >= 11 is 0. The number of esters is 1. The monoisotopic (exact) mass is 214 g/mol. The fourth-order valence-corrected chi connectivity index (χ4v) is 2.30. The van der Waals surface area contributed by atoms with Gasteiger partial charge in [0, 0.05) is 0 Å². The van der Waals surface area contributed by atoms with Crippen LogP contribution in [-0.4, -0.2) is 23.8 Å². The van der Waals surface area contributed by atoms with Crippen LogP contribution in [0.4, 0.5) is 0 Å². The number of hydrogen-bond acceptors (Lipinski definition) is 3. The van der Waals surface area contributed by atoms with E-state index in [0.717, 1.165) is 19.3 Å². The van der Waals surface area contributed by atoms with E-state index >= 15 is 0 Å². The number of carbonyl (C=O) groups is 1. The maximum absolute atomic E-state index is 11.4. The molecule has 0 saturated heterocycles. The van der Waals surface area contributed by atoms with Gasteiger partial charge in [0.2, 0.25) is 0 Å². The number of rotatable bonds is 3. The Hall–Kier alpha value is -0.570. The van der Waals surface area contributed by atoms with Gasteiger partial charge in [0.15, 0.2) is 6.10 Å². The molecular formula is C12H22O3. The standard InChI is InChI=1S/C12H22O3/c1-4-15-12(14)11(13)10-6-5-8(2)9(3)7-10/h8-11,13H,4-7H2,1-3H3. The van der Waals surface area contributed by atoms with Gasteiger partial charge in [-0.25, -0.2) is 4.79 Å². The van der Waals surface area contributed by atoms with Gasteiger partial charge in [0.05, 0.1) is 6.61 Å². The van der Waals surface area contributed by atoms with E-state index in [-0.39, 0.29) is 5.92 Å². The van der Waals surface area contributed by atoms with E-state index < -0.39 is 12.1 Å². The molecule has 3 nitrogen and oxygen atoms in total. The summed E-state index contributed by atoms with van der Waals surface area (Å²) in [5, 5.41) is 9.80. The van der Waals surface area contributed by atoms with Crippen molar-refractivity contribution in [1.29, 1.82) is 0 Å². The third-order valence-electron chi connectivity index (χ3n) is 3.61. The average molecular weight is 214 g/mol. The Morgan fingerprint density at radius 1 is 1.40 bits per heavy atom. The minimum absolute atomic E-state index is 0.0928. The highest BCUT2D eigenvalue weighted by Gasteiger charge is 2.33. The first-order valence-corrected chi connectivity index (χ1v) is 5.91. The molecule has 1 aliphatic carbocycles. The number of aliphatic hydroxyl groups excluding tert-OH is 1. The largest absolute Gasteiger partial charge is 0.464 e. The number of carbonyl (C=O) groups excluding carboxylic acids is 1. The zero-order chi connectivity index (χ0) is 11.4. The van der Waals surface area contributed by atoms with Gasteiger partial charge < -0.3 is 9.84 Å². The summed E-state index contributed by atoms with van der Waals surface area (Å²) in [4.78, 5) is 11.4. The fraction of sp³-hybridized carbons (Fsp3) is 0.917. The molecule has 4 unspecified atom stereocenters. The molecule has 88 valence electrons. The lowest BCUT2D eigenvalue weighted by molar-refractivity contribution is -0.157. The first-order chi connectivity index (χ1) is 7.06. The molecule has 0 spiro atoms. The van der Waals surface area contributed by atoms with Crippen molar-refractivity contribution in [3.63, 3.8) is 0 Å². The van der Waals surface area contributed by atoms with Crippen LogP contribution in [0.15, 0.2) is 0 Å². The van der Waals surface area contributed by atoms with E-state index in [1.807, 2.05) is 0 Å². The van der Waals surface area contributed by atoms with Gasteiger partial charge in [-0.15, -0.1) is 0 Å². The second-order valence-corrected chi connectivity index (χ2v) is 4.72. The molecule has 1 fully saturated rings. The Morgan fingerprint density at radius 3 is 2.60 bits per heavy atom. The van der Waals surface area contributed by atoms with Crippen molar-refractivity contribution in [3.05, 3.63) is 0 Å². The maximum Gasteiger partial charge on any atom is 0.335 e. The minimum Gasteiger partial charge on any atom is -0.464 e. The molecule has 1 aliphatic rings. The Morgan fingerprint density at radius 2 is 2.07 bits per heavy atom. The summed E-state index contributed by atoms with van der Waals surface area (Å²) in [5.41, 5.74) is 0. The quantitative estimate of drug-likeness (QED) is 0.731. The van der Waals surface area contributed by atoms with Crippen LogP contribution in [0, 0.1) is 17.8 Å². The fourth-order valence-electron chi connectivity index (χ4n) is 2.30. The normalized spacial score (nSPS) is 33.5. The molecule has 1 N–H and O–H groups in total. The highest BCUT2D eigenvalue weighted by atomic mass is 16.5. The summed E-state index contributed by atoms with van der Waals surface area (Å²) in [5.74, 6) is 0.933. The number of hydrogen-bond donors (Lipinski definition) is 1. The van der Waals surface area contributed by atoms with Crippen molar-refractivity contribution in [2.24, 2.45) is 17.8 Å². The summed E-state index contributed by atoms with van der Waals surface area (Å²) in [6.45, 7) is 6.52. The molecule has 0 aromatic heterocycles. The van der Waals surface area contributed by atoms with Crippen LogP contribution in [0.2, 0.25) is 0 Å². The van der Waals surface area contributed by atoms with Crippen LogP contribution in [0.1, 0.15) is 40.0 Å². The topological polar surface area (TPSA) is 46.5 Å². The van der Waals surface area contributed by atoms with Crippen LogP contribution in [0.5, 0.6) is 0 Å². The smallest absolute Gasteiger partial charge is 0.335 e. The minimum atomic E-state index is -0.917. The average Bonchev–Trinajstić information content (AvgIpc) is 2.21. The van der Waals surface area contributed by atoms with Crippen molar-refractivity contribution >= 4 is 5.97 Å². The molecule has 0 aromatic carbocycles. The van der Waals surface area contributed by atoms with Crippen molar-refractivity contribution < 1.29 is 14.6 Å². The Balaban J connectivity index is 2.46. The zero-order valence-electron chi connectivity index (χ0n) is 9.90. The van der Waals surface area contributed by atoms with E-state index in [9.17, 15) is 9.90 Å². The molecule has 1 rings (SSSR count). The second-order valence-electron chi connectivity index (χ2n) is 4.72. The van der Waals surface area contributed by atoms with E-state index in [1.165, 1.54) is 0 Å². The summed E-state index contributed by atoms with van der Waals surface area (Å²) in [6, 6.07) is 0. The molecule has 0 radical (unpaired) electrons. The molecule has 15 heavy (non-hydrogen) atoms. The van der Waals surface area contributed by atoms with Crippen molar-refractivity contribution in [2.45, 2.75) is 46.1 Å². The van der Waals surface area contributed by atoms with Crippen LogP contribution >= 0.6 is 0 Å². The van der Waals surface area contributed by atoms with Gasteiger partial charge in [0.1, 0.15) is 0 Å². The van der Waals surface area contributed by atoms with E-state index in [4.69, 9.17) is 4.74 Å². The third-order valence-corrected chi connectivity index (χ3v) is 3.61. The van der Waals surface area contributed by atoms with Gasteiger partial charge in [-0.2, -0.15) is 0 Å². The van der Waals surface area contributed by atoms with Gasteiger partial charge in [0.25, 0.3) is 0 Å². The van der Waals surface area contributed by atoms with E-state index in [1.54, 1.807) is 6.92 Å². The van der Waals surface area contributed by atoms with Gasteiger partial charge in [-0.3, -0.25) is 0 Å². The Labute approximate surface area is 91.8 Å². The predicted molar refractivity (Wildman–Crippen MR) is 58.3 cm³/mol. The molecule has 0 aromatic rings. The Kier molecular flexibility index (Phi) is 4.58. The lowest BCUT2D eigenvalue weighted by Gasteiger charge is -2.33. The lowest BCUT2D eigenvalue weighted by Crippen LogP contribution is -2.35. The first kappa shape index (κ1) is 12.5. The molecule has 4 atom stereocenters. The van der Waals surface area contributed by atoms with Crippen molar-refractivity contribution in [2.75, 3.05) is 6.61 Å². The van der Waals surface area contributed by atoms with Crippen LogP contribution in [0.25, 0.3) is 0 Å². The third kappa shape index (κ3) is 3.20. The first-order valence-electron chi connectivity index (χ1n) is 5.91. The number of aliphatic hydroxyl groups is 1. The second kappa shape index (κ2) is 5.50. The molecule has 0 heterocycles. The van der Waals surface area contributed by atoms with Gasteiger partial charge in [-0.1, -0.05) is 20.3 Å². The maximum atomic E-state index is 11.4. The van der Waals surface area contributed by atoms with Gasteiger partial charge in [-0.05, 0) is 37.5 Å². The van der Waals surface area contributed by atoms with Crippen molar-refractivity contribution in [1.82, 2.24) is 0 Å². The molecule has 0 aliphatic heterocycles. The SMILES string of the molecule is CCOC(=O)C(O)C1CCC(C)C(C)C1. The number of ether oxygens (including phenoxy) is 1. The molecular weight excluding hydrogens is 192 g/mol. The summed E-state index contributed by atoms with van der Waals surface area (Å²) < 4.78 is 4.83. The summed E-state index contributed by atoms with van der Waals surface area (Å²) in [6.07, 6.45) is 2.05.